The van der Waals surface area contributed by atoms with Crippen LogP contribution in [0.15, 0.2) is 48.6 Å². The Hall–Kier alpha value is -2.53. The van der Waals surface area contributed by atoms with E-state index in [1.54, 1.807) is 12.1 Å². The zero-order chi connectivity index (χ0) is 20.5. The summed E-state index contributed by atoms with van der Waals surface area (Å²) in [4.78, 5) is 10.9. The quantitative estimate of drug-likeness (QED) is 0.334. The van der Waals surface area contributed by atoms with Gasteiger partial charge in [-0.05, 0) is 54.5 Å². The zero-order valence-corrected chi connectivity index (χ0v) is 17.4. The average molecular weight is 413 g/mol. The fourth-order valence-electron chi connectivity index (χ4n) is 4.27. The molecule has 0 spiro atoms. The van der Waals surface area contributed by atoms with Crippen molar-refractivity contribution >= 4 is 23.0 Å². The monoisotopic (exact) mass is 412 g/mol. The average Bonchev–Trinajstić information content (AvgIpc) is 3.18. The SMILES string of the molecule is CC(C)CCOc1ccc2c(c1)C1C=CCC1C(c1cc([N+](=O)[O-])ccc1Cl)N2. The van der Waals surface area contributed by atoms with Gasteiger partial charge in [0.05, 0.1) is 17.6 Å². The summed E-state index contributed by atoms with van der Waals surface area (Å²) in [7, 11) is 0. The van der Waals surface area contributed by atoms with Gasteiger partial charge in [-0.3, -0.25) is 10.1 Å². The van der Waals surface area contributed by atoms with Crippen LogP contribution in [0.1, 0.15) is 49.8 Å². The van der Waals surface area contributed by atoms with Crippen molar-refractivity contribution in [2.24, 2.45) is 11.8 Å². The number of benzene rings is 2. The molecular weight excluding hydrogens is 388 g/mol. The summed E-state index contributed by atoms with van der Waals surface area (Å²) in [5, 5.41) is 15.4. The molecule has 3 atom stereocenters. The Morgan fingerprint density at radius 2 is 2.07 bits per heavy atom. The summed E-state index contributed by atoms with van der Waals surface area (Å²) in [6.07, 6.45) is 6.35. The number of nitro groups is 1. The molecule has 4 rings (SSSR count). The molecule has 5 nitrogen and oxygen atoms in total. The van der Waals surface area contributed by atoms with Crippen LogP contribution in [0.4, 0.5) is 11.4 Å². The van der Waals surface area contributed by atoms with Crippen LogP contribution in [-0.4, -0.2) is 11.5 Å². The predicted molar refractivity (Wildman–Crippen MR) is 116 cm³/mol. The highest BCUT2D eigenvalue weighted by Gasteiger charge is 2.39. The third-order valence-electron chi connectivity index (χ3n) is 5.82. The van der Waals surface area contributed by atoms with Crippen LogP contribution >= 0.6 is 11.6 Å². The first-order valence-electron chi connectivity index (χ1n) is 10.1. The second kappa shape index (κ2) is 8.07. The van der Waals surface area contributed by atoms with Crippen molar-refractivity contribution < 1.29 is 9.66 Å². The molecule has 1 aliphatic heterocycles. The van der Waals surface area contributed by atoms with E-state index in [0.29, 0.717) is 17.5 Å². The first-order chi connectivity index (χ1) is 13.9. The van der Waals surface area contributed by atoms with Crippen LogP contribution < -0.4 is 10.1 Å². The maximum Gasteiger partial charge on any atom is 0.269 e. The zero-order valence-electron chi connectivity index (χ0n) is 16.6. The van der Waals surface area contributed by atoms with Crippen LogP contribution in [0.25, 0.3) is 0 Å². The number of non-ortho nitro benzene ring substituents is 1. The Morgan fingerprint density at radius 1 is 1.24 bits per heavy atom. The molecule has 0 saturated carbocycles. The van der Waals surface area contributed by atoms with E-state index in [1.807, 2.05) is 12.1 Å². The summed E-state index contributed by atoms with van der Waals surface area (Å²) in [6.45, 7) is 5.08. The molecule has 0 amide bonds. The Kier molecular flexibility index (Phi) is 5.50. The van der Waals surface area contributed by atoms with Gasteiger partial charge in [0.25, 0.3) is 5.69 Å². The highest BCUT2D eigenvalue weighted by atomic mass is 35.5. The Morgan fingerprint density at radius 3 is 2.83 bits per heavy atom. The number of nitro benzene ring substituents is 1. The van der Waals surface area contributed by atoms with E-state index < -0.39 is 0 Å². The minimum absolute atomic E-state index is 0.0633. The number of halogens is 1. The van der Waals surface area contributed by atoms with Crippen molar-refractivity contribution in [1.82, 2.24) is 0 Å². The van der Waals surface area contributed by atoms with Crippen LogP contribution in [0.3, 0.4) is 0 Å². The number of anilines is 1. The number of hydrogen-bond donors (Lipinski definition) is 1. The molecular formula is C23H25ClN2O3. The fraction of sp³-hybridized carbons (Fsp3) is 0.391. The summed E-state index contributed by atoms with van der Waals surface area (Å²) < 4.78 is 5.96. The molecule has 2 aliphatic rings. The van der Waals surface area contributed by atoms with E-state index >= 15 is 0 Å². The van der Waals surface area contributed by atoms with Crippen LogP contribution in [0.2, 0.25) is 5.02 Å². The van der Waals surface area contributed by atoms with Gasteiger partial charge >= 0.3 is 0 Å². The minimum atomic E-state index is -0.373. The van der Waals surface area contributed by atoms with Gasteiger partial charge in [0, 0.05) is 34.3 Å². The van der Waals surface area contributed by atoms with Gasteiger partial charge in [0.2, 0.25) is 0 Å². The van der Waals surface area contributed by atoms with Crippen molar-refractivity contribution in [2.45, 2.75) is 38.6 Å². The molecule has 29 heavy (non-hydrogen) atoms. The lowest BCUT2D eigenvalue weighted by atomic mass is 9.77. The summed E-state index contributed by atoms with van der Waals surface area (Å²) in [5.74, 6) is 1.99. The number of hydrogen-bond acceptors (Lipinski definition) is 4. The highest BCUT2D eigenvalue weighted by molar-refractivity contribution is 6.31. The van der Waals surface area contributed by atoms with Crippen molar-refractivity contribution in [1.29, 1.82) is 0 Å². The molecule has 0 aromatic heterocycles. The van der Waals surface area contributed by atoms with Gasteiger partial charge in [-0.25, -0.2) is 0 Å². The number of fused-ring (bicyclic) bond motifs is 3. The Labute approximate surface area is 175 Å². The van der Waals surface area contributed by atoms with Crippen molar-refractivity contribution in [3.8, 4) is 5.75 Å². The van der Waals surface area contributed by atoms with E-state index in [2.05, 4.69) is 37.4 Å². The third kappa shape index (κ3) is 3.97. The lowest BCUT2D eigenvalue weighted by Crippen LogP contribution is -2.29. The van der Waals surface area contributed by atoms with Crippen molar-refractivity contribution in [3.05, 3.63) is 74.8 Å². The fourth-order valence-corrected chi connectivity index (χ4v) is 4.50. The molecule has 2 aromatic rings. The Bertz CT molecular complexity index is 957. The van der Waals surface area contributed by atoms with Crippen LogP contribution in [0, 0.1) is 22.0 Å². The molecule has 3 unspecified atom stereocenters. The van der Waals surface area contributed by atoms with E-state index in [1.165, 1.54) is 11.6 Å². The molecule has 152 valence electrons. The third-order valence-corrected chi connectivity index (χ3v) is 6.17. The minimum Gasteiger partial charge on any atom is -0.494 e. The van der Waals surface area contributed by atoms with Crippen LogP contribution in [-0.2, 0) is 0 Å². The lowest BCUT2D eigenvalue weighted by Gasteiger charge is -2.38. The molecule has 6 heteroatoms. The lowest BCUT2D eigenvalue weighted by molar-refractivity contribution is -0.384. The van der Waals surface area contributed by atoms with E-state index in [0.717, 1.165) is 29.8 Å². The molecule has 1 aliphatic carbocycles. The topological polar surface area (TPSA) is 64.4 Å². The standard InChI is InChI=1S/C23H25ClN2O3/c1-14(2)10-11-29-16-7-9-22-19(13-16)17-4-3-5-18(17)23(25-22)20-12-15(26(27)28)6-8-21(20)24/h3-4,6-9,12-14,17-18,23,25H,5,10-11H2,1-2H3. The Balaban J connectivity index is 1.65. The maximum atomic E-state index is 11.3. The van der Waals surface area contributed by atoms with Gasteiger partial charge in [-0.1, -0.05) is 37.6 Å². The predicted octanol–water partition coefficient (Wildman–Crippen LogP) is 6.50. The maximum absolute atomic E-state index is 11.3. The first kappa shape index (κ1) is 19.8. The van der Waals surface area contributed by atoms with Gasteiger partial charge in [-0.2, -0.15) is 0 Å². The number of nitrogens with one attached hydrogen (secondary N) is 1. The second-order valence-corrected chi connectivity index (χ2v) is 8.63. The summed E-state index contributed by atoms with van der Waals surface area (Å²) in [6, 6.07) is 10.7. The molecule has 1 N–H and O–H groups in total. The van der Waals surface area contributed by atoms with Crippen molar-refractivity contribution in [2.75, 3.05) is 11.9 Å². The molecule has 0 radical (unpaired) electrons. The number of nitrogens with zero attached hydrogens (tertiary/aromatic N) is 1. The molecule has 0 saturated heterocycles. The van der Waals surface area contributed by atoms with Gasteiger partial charge in [-0.15, -0.1) is 0 Å². The number of rotatable bonds is 6. The highest BCUT2D eigenvalue weighted by Crippen LogP contribution is 2.51. The molecule has 1 heterocycles. The van der Waals surface area contributed by atoms with Gasteiger partial charge < -0.3 is 10.1 Å². The molecule has 0 bridgehead atoms. The first-order valence-corrected chi connectivity index (χ1v) is 10.5. The number of ether oxygens (including phenoxy) is 1. The van der Waals surface area contributed by atoms with E-state index in [9.17, 15) is 10.1 Å². The summed E-state index contributed by atoms with van der Waals surface area (Å²) in [5.41, 5.74) is 3.08. The normalized spacial score (nSPS) is 22.1. The van der Waals surface area contributed by atoms with Crippen LogP contribution in [0.5, 0.6) is 5.75 Å². The smallest absolute Gasteiger partial charge is 0.269 e. The summed E-state index contributed by atoms with van der Waals surface area (Å²) >= 11 is 6.46. The largest absolute Gasteiger partial charge is 0.494 e. The number of allylic oxidation sites excluding steroid dienone is 2. The van der Waals surface area contributed by atoms with Crippen molar-refractivity contribution in [3.63, 3.8) is 0 Å². The molecule has 2 aromatic carbocycles. The van der Waals surface area contributed by atoms with Gasteiger partial charge in [0.15, 0.2) is 0 Å². The van der Waals surface area contributed by atoms with E-state index in [4.69, 9.17) is 16.3 Å². The van der Waals surface area contributed by atoms with E-state index in [-0.39, 0.29) is 28.5 Å². The molecule has 0 fully saturated rings. The second-order valence-electron chi connectivity index (χ2n) is 8.22. The van der Waals surface area contributed by atoms with Gasteiger partial charge in [0.1, 0.15) is 5.75 Å².